The normalized spacial score (nSPS) is 16.7. The Labute approximate surface area is 152 Å². The topological polar surface area (TPSA) is 47.4 Å². The van der Waals surface area contributed by atoms with Crippen LogP contribution in [0.2, 0.25) is 0 Å². The number of rotatable bonds is 4. The van der Waals surface area contributed by atoms with Gasteiger partial charge in [-0.1, -0.05) is 30.3 Å². The average molecular weight is 347 g/mol. The van der Waals surface area contributed by atoms with Crippen molar-refractivity contribution in [2.75, 3.05) is 13.7 Å². The van der Waals surface area contributed by atoms with Crippen LogP contribution < -0.4 is 4.74 Å². The molecule has 4 rings (SSSR count). The SMILES string of the molecule is COc1cccc(C2CCCN2C(=O)c2cnn(-c3ccccc3)c2)c1. The number of hydrogen-bond acceptors (Lipinski definition) is 3. The number of nitrogens with zero attached hydrogens (tertiary/aromatic N) is 3. The minimum atomic E-state index is 0.0255. The van der Waals surface area contributed by atoms with E-state index in [0.29, 0.717) is 5.56 Å². The fraction of sp³-hybridized carbons (Fsp3) is 0.238. The van der Waals surface area contributed by atoms with Crippen molar-refractivity contribution in [1.82, 2.24) is 14.7 Å². The van der Waals surface area contributed by atoms with Crippen LogP contribution in [0.25, 0.3) is 5.69 Å². The molecule has 5 heteroatoms. The molecule has 1 amide bonds. The largest absolute Gasteiger partial charge is 0.497 e. The summed E-state index contributed by atoms with van der Waals surface area (Å²) in [6, 6.07) is 17.9. The van der Waals surface area contributed by atoms with Gasteiger partial charge in [0.1, 0.15) is 5.75 Å². The lowest BCUT2D eigenvalue weighted by Gasteiger charge is -2.25. The molecule has 1 aliphatic rings. The zero-order chi connectivity index (χ0) is 17.9. The molecule has 1 saturated heterocycles. The van der Waals surface area contributed by atoms with E-state index in [1.54, 1.807) is 24.2 Å². The first-order chi connectivity index (χ1) is 12.8. The molecule has 2 aromatic carbocycles. The van der Waals surface area contributed by atoms with Crippen molar-refractivity contribution in [3.05, 3.63) is 78.1 Å². The summed E-state index contributed by atoms with van der Waals surface area (Å²) >= 11 is 0. The highest BCUT2D eigenvalue weighted by Crippen LogP contribution is 2.34. The van der Waals surface area contributed by atoms with E-state index in [2.05, 4.69) is 11.2 Å². The number of benzene rings is 2. The molecule has 26 heavy (non-hydrogen) atoms. The first-order valence-electron chi connectivity index (χ1n) is 8.81. The van der Waals surface area contributed by atoms with Crippen molar-refractivity contribution in [3.63, 3.8) is 0 Å². The van der Waals surface area contributed by atoms with Gasteiger partial charge in [-0.05, 0) is 42.7 Å². The van der Waals surface area contributed by atoms with Crippen LogP contribution in [0.15, 0.2) is 67.0 Å². The molecule has 132 valence electrons. The Morgan fingerprint density at radius 2 is 2.00 bits per heavy atom. The highest BCUT2D eigenvalue weighted by Gasteiger charge is 2.31. The van der Waals surface area contributed by atoms with Gasteiger partial charge in [0.05, 0.1) is 30.6 Å². The smallest absolute Gasteiger partial charge is 0.257 e. The van der Waals surface area contributed by atoms with Gasteiger partial charge in [0, 0.05) is 12.7 Å². The molecule has 1 atom stereocenters. The van der Waals surface area contributed by atoms with Crippen LogP contribution in [0.1, 0.15) is 34.8 Å². The lowest BCUT2D eigenvalue weighted by atomic mass is 10.0. The van der Waals surface area contributed by atoms with Crippen LogP contribution in [-0.4, -0.2) is 34.2 Å². The summed E-state index contributed by atoms with van der Waals surface area (Å²) < 4.78 is 7.07. The van der Waals surface area contributed by atoms with Gasteiger partial charge in [0.15, 0.2) is 0 Å². The highest BCUT2D eigenvalue weighted by molar-refractivity contribution is 5.94. The standard InChI is InChI=1S/C21H21N3O2/c1-26-19-10-5-7-16(13-19)20-11-6-12-23(20)21(25)17-14-22-24(15-17)18-8-3-2-4-9-18/h2-5,7-10,13-15,20H,6,11-12H2,1H3. The maximum Gasteiger partial charge on any atom is 0.257 e. The highest BCUT2D eigenvalue weighted by atomic mass is 16.5. The molecule has 3 aromatic rings. The summed E-state index contributed by atoms with van der Waals surface area (Å²) in [5.74, 6) is 0.844. The van der Waals surface area contributed by atoms with E-state index in [0.717, 1.165) is 36.4 Å². The molecule has 0 saturated carbocycles. The summed E-state index contributed by atoms with van der Waals surface area (Å²) in [5, 5.41) is 4.35. The van der Waals surface area contributed by atoms with Gasteiger partial charge in [-0.3, -0.25) is 4.79 Å². The zero-order valence-electron chi connectivity index (χ0n) is 14.7. The van der Waals surface area contributed by atoms with E-state index in [4.69, 9.17) is 4.74 Å². The summed E-state index contributed by atoms with van der Waals surface area (Å²) in [6.45, 7) is 0.761. The maximum absolute atomic E-state index is 13.1. The van der Waals surface area contributed by atoms with Crippen LogP contribution in [0.4, 0.5) is 0 Å². The number of amides is 1. The molecule has 0 N–H and O–H groups in total. The number of para-hydroxylation sites is 1. The maximum atomic E-state index is 13.1. The monoisotopic (exact) mass is 347 g/mol. The second kappa shape index (κ2) is 7.04. The second-order valence-electron chi connectivity index (χ2n) is 6.44. The number of ether oxygens (including phenoxy) is 1. The summed E-state index contributed by atoms with van der Waals surface area (Å²) in [6.07, 6.45) is 5.42. The molecule has 2 heterocycles. The van der Waals surface area contributed by atoms with Crippen LogP contribution in [0.3, 0.4) is 0 Å². The number of carbonyl (C=O) groups excluding carboxylic acids is 1. The van der Waals surface area contributed by atoms with Gasteiger partial charge in [0.2, 0.25) is 0 Å². The van der Waals surface area contributed by atoms with Gasteiger partial charge in [-0.15, -0.1) is 0 Å². The van der Waals surface area contributed by atoms with Crippen LogP contribution in [-0.2, 0) is 0 Å². The van der Waals surface area contributed by atoms with E-state index in [1.807, 2.05) is 53.4 Å². The minimum absolute atomic E-state index is 0.0255. The first-order valence-corrected chi connectivity index (χ1v) is 8.81. The van der Waals surface area contributed by atoms with Gasteiger partial charge in [-0.25, -0.2) is 4.68 Å². The van der Waals surface area contributed by atoms with Crippen molar-refractivity contribution in [1.29, 1.82) is 0 Å². The van der Waals surface area contributed by atoms with Crippen molar-refractivity contribution >= 4 is 5.91 Å². The zero-order valence-corrected chi connectivity index (χ0v) is 14.7. The molecule has 5 nitrogen and oxygen atoms in total. The molecule has 1 aliphatic heterocycles. The first kappa shape index (κ1) is 16.4. The summed E-state index contributed by atoms with van der Waals surface area (Å²) in [4.78, 5) is 15.0. The molecule has 1 unspecified atom stereocenters. The van der Waals surface area contributed by atoms with E-state index in [9.17, 15) is 4.79 Å². The Balaban J connectivity index is 1.58. The van der Waals surface area contributed by atoms with E-state index < -0.39 is 0 Å². The third-order valence-corrected chi connectivity index (χ3v) is 4.84. The van der Waals surface area contributed by atoms with Crippen LogP contribution >= 0.6 is 0 Å². The summed E-state index contributed by atoms with van der Waals surface area (Å²) in [7, 11) is 1.66. The van der Waals surface area contributed by atoms with E-state index >= 15 is 0 Å². The van der Waals surface area contributed by atoms with Crippen LogP contribution in [0, 0.1) is 0 Å². The number of carbonyl (C=O) groups is 1. The molecular weight excluding hydrogens is 326 g/mol. The Morgan fingerprint density at radius 1 is 1.15 bits per heavy atom. The minimum Gasteiger partial charge on any atom is -0.497 e. The van der Waals surface area contributed by atoms with Crippen molar-refractivity contribution in [2.24, 2.45) is 0 Å². The van der Waals surface area contributed by atoms with Crippen molar-refractivity contribution in [3.8, 4) is 11.4 Å². The fourth-order valence-electron chi connectivity index (χ4n) is 3.53. The molecule has 1 aromatic heterocycles. The Kier molecular flexibility index (Phi) is 4.44. The Bertz CT molecular complexity index is 904. The third kappa shape index (κ3) is 3.08. The molecular formula is C21H21N3O2. The van der Waals surface area contributed by atoms with Gasteiger partial charge < -0.3 is 9.64 Å². The number of hydrogen-bond donors (Lipinski definition) is 0. The molecule has 0 aliphatic carbocycles. The predicted octanol–water partition coefficient (Wildman–Crippen LogP) is 3.86. The average Bonchev–Trinajstić information content (AvgIpc) is 3.38. The Morgan fingerprint density at radius 3 is 2.81 bits per heavy atom. The number of likely N-dealkylation sites (tertiary alicyclic amines) is 1. The van der Waals surface area contributed by atoms with Crippen molar-refractivity contribution in [2.45, 2.75) is 18.9 Å². The van der Waals surface area contributed by atoms with Gasteiger partial charge >= 0.3 is 0 Å². The number of methoxy groups -OCH3 is 1. The van der Waals surface area contributed by atoms with Gasteiger partial charge in [0.25, 0.3) is 5.91 Å². The summed E-state index contributed by atoms with van der Waals surface area (Å²) in [5.41, 5.74) is 2.67. The second-order valence-corrected chi connectivity index (χ2v) is 6.44. The molecule has 0 radical (unpaired) electrons. The third-order valence-electron chi connectivity index (χ3n) is 4.84. The lowest BCUT2D eigenvalue weighted by Crippen LogP contribution is -2.30. The molecule has 0 spiro atoms. The number of aromatic nitrogens is 2. The van der Waals surface area contributed by atoms with E-state index in [-0.39, 0.29) is 11.9 Å². The van der Waals surface area contributed by atoms with Crippen LogP contribution in [0.5, 0.6) is 5.75 Å². The predicted molar refractivity (Wildman–Crippen MR) is 99.6 cm³/mol. The lowest BCUT2D eigenvalue weighted by molar-refractivity contribution is 0.0735. The quantitative estimate of drug-likeness (QED) is 0.720. The Hall–Kier alpha value is -3.08. The van der Waals surface area contributed by atoms with E-state index in [1.165, 1.54) is 0 Å². The fourth-order valence-corrected chi connectivity index (χ4v) is 3.53. The molecule has 1 fully saturated rings. The molecule has 0 bridgehead atoms. The van der Waals surface area contributed by atoms with Crippen molar-refractivity contribution < 1.29 is 9.53 Å². The van der Waals surface area contributed by atoms with Gasteiger partial charge in [-0.2, -0.15) is 5.10 Å².